The van der Waals surface area contributed by atoms with E-state index in [-0.39, 0.29) is 12.1 Å². The minimum absolute atomic E-state index is 0.0105. The molecule has 11 heavy (non-hydrogen) atoms. The fourth-order valence-corrected chi connectivity index (χ4v) is 1.01. The average Bonchev–Trinajstić information content (AvgIpc) is 2.01. The average molecular weight is 155 g/mol. The second-order valence-electron chi connectivity index (χ2n) is 2.55. The van der Waals surface area contributed by atoms with E-state index in [4.69, 9.17) is 4.74 Å². The molecule has 1 rings (SSSR count). The van der Waals surface area contributed by atoms with Gasteiger partial charge in [0.2, 0.25) is 0 Å². The summed E-state index contributed by atoms with van der Waals surface area (Å²) in [6, 6.07) is 0. The molecule has 1 N–H and O–H groups in total. The maximum Gasteiger partial charge on any atom is 0.310 e. The van der Waals surface area contributed by atoms with E-state index >= 15 is 0 Å². The summed E-state index contributed by atoms with van der Waals surface area (Å²) in [7, 11) is 1.88. The molecule has 0 aromatic rings. The second kappa shape index (κ2) is 4.13. The predicted molar refractivity (Wildman–Crippen MR) is 42.2 cm³/mol. The summed E-state index contributed by atoms with van der Waals surface area (Å²) in [6.45, 7) is 0.877. The van der Waals surface area contributed by atoms with Crippen LogP contribution in [0.5, 0.6) is 0 Å². The Hall–Kier alpha value is -0.830. The van der Waals surface area contributed by atoms with E-state index < -0.39 is 0 Å². The molecule has 1 atom stereocenters. The van der Waals surface area contributed by atoms with E-state index in [1.54, 1.807) is 0 Å². The molecule has 0 saturated heterocycles. The molecule has 0 spiro atoms. The maximum absolute atomic E-state index is 10.7. The number of hydrogen-bond acceptors (Lipinski definition) is 3. The Morgan fingerprint density at radius 2 is 2.64 bits per heavy atom. The third-order valence-electron chi connectivity index (χ3n) is 1.60. The van der Waals surface area contributed by atoms with Crippen LogP contribution in [0.4, 0.5) is 0 Å². The Kier molecular flexibility index (Phi) is 3.11. The number of nitrogens with one attached hydrogen (secondary N) is 1. The fraction of sp³-hybridized carbons (Fsp3) is 0.625. The van der Waals surface area contributed by atoms with E-state index in [0.29, 0.717) is 6.42 Å². The SMILES string of the molecule is CNCC[C@H]1C=CCC(=O)O1. The molecule has 3 nitrogen and oxygen atoms in total. The molecule has 0 amide bonds. The number of ether oxygens (including phenoxy) is 1. The molecular formula is C8H13NO2. The fourth-order valence-electron chi connectivity index (χ4n) is 1.01. The molecule has 0 aliphatic carbocycles. The number of carbonyl (C=O) groups is 1. The summed E-state index contributed by atoms with van der Waals surface area (Å²) >= 11 is 0. The van der Waals surface area contributed by atoms with Crippen LogP contribution < -0.4 is 5.32 Å². The van der Waals surface area contributed by atoms with Crippen LogP contribution in [0.2, 0.25) is 0 Å². The first-order valence-corrected chi connectivity index (χ1v) is 3.83. The zero-order valence-electron chi connectivity index (χ0n) is 6.67. The molecule has 0 aromatic carbocycles. The molecule has 1 aliphatic heterocycles. The van der Waals surface area contributed by atoms with Crippen molar-refractivity contribution in [2.45, 2.75) is 18.9 Å². The third kappa shape index (κ3) is 2.72. The van der Waals surface area contributed by atoms with Gasteiger partial charge < -0.3 is 10.1 Å². The standard InChI is InChI=1S/C8H13NO2/c1-9-6-5-7-3-2-4-8(10)11-7/h2-3,7,9H,4-6H2,1H3/t7-/m1/s1. The molecule has 0 aromatic heterocycles. The zero-order chi connectivity index (χ0) is 8.10. The normalized spacial score (nSPS) is 23.4. The molecule has 0 bridgehead atoms. The molecule has 0 radical (unpaired) electrons. The third-order valence-corrected chi connectivity index (χ3v) is 1.60. The lowest BCUT2D eigenvalue weighted by molar-refractivity contribution is -0.147. The number of hydrogen-bond donors (Lipinski definition) is 1. The molecule has 0 unspecified atom stereocenters. The first-order valence-electron chi connectivity index (χ1n) is 3.83. The van der Waals surface area contributed by atoms with Crippen LogP contribution in [0.3, 0.4) is 0 Å². The first-order chi connectivity index (χ1) is 5.33. The Balaban J connectivity index is 2.28. The highest BCUT2D eigenvalue weighted by Gasteiger charge is 2.13. The van der Waals surface area contributed by atoms with Gasteiger partial charge in [0.05, 0.1) is 6.42 Å². The number of rotatable bonds is 3. The van der Waals surface area contributed by atoms with Crippen molar-refractivity contribution in [3.05, 3.63) is 12.2 Å². The number of cyclic esters (lactones) is 1. The van der Waals surface area contributed by atoms with E-state index in [9.17, 15) is 4.79 Å². The van der Waals surface area contributed by atoms with Gasteiger partial charge in [-0.05, 0) is 19.7 Å². The smallest absolute Gasteiger partial charge is 0.310 e. The quantitative estimate of drug-likeness (QED) is 0.475. The Bertz CT molecular complexity index is 165. The van der Waals surface area contributed by atoms with Gasteiger partial charge in [0.1, 0.15) is 6.10 Å². The predicted octanol–water partition coefficient (Wildman–Crippen LogP) is 0.468. The maximum atomic E-state index is 10.7. The number of carbonyl (C=O) groups excluding carboxylic acids is 1. The summed E-state index contributed by atoms with van der Waals surface area (Å²) in [5, 5.41) is 3.00. The van der Waals surface area contributed by atoms with Gasteiger partial charge in [0, 0.05) is 6.42 Å². The topological polar surface area (TPSA) is 38.3 Å². The Morgan fingerprint density at radius 3 is 3.27 bits per heavy atom. The van der Waals surface area contributed by atoms with Gasteiger partial charge in [-0.15, -0.1) is 0 Å². The van der Waals surface area contributed by atoms with Gasteiger partial charge in [-0.1, -0.05) is 6.08 Å². The lowest BCUT2D eigenvalue weighted by atomic mass is 10.2. The summed E-state index contributed by atoms with van der Waals surface area (Å²) < 4.78 is 5.02. The monoisotopic (exact) mass is 155 g/mol. The molecule has 62 valence electrons. The summed E-state index contributed by atoms with van der Waals surface area (Å²) in [6.07, 6.45) is 5.09. The largest absolute Gasteiger partial charge is 0.458 e. The van der Waals surface area contributed by atoms with Crippen molar-refractivity contribution >= 4 is 5.97 Å². The van der Waals surface area contributed by atoms with Gasteiger partial charge in [-0.3, -0.25) is 4.79 Å². The van der Waals surface area contributed by atoms with Crippen LogP contribution in [0.25, 0.3) is 0 Å². The molecule has 0 saturated carbocycles. The van der Waals surface area contributed by atoms with Crippen LogP contribution in [0, 0.1) is 0 Å². The van der Waals surface area contributed by atoms with Crippen molar-refractivity contribution in [2.75, 3.05) is 13.6 Å². The van der Waals surface area contributed by atoms with E-state index in [2.05, 4.69) is 5.32 Å². The van der Waals surface area contributed by atoms with Crippen LogP contribution in [-0.2, 0) is 9.53 Å². The lowest BCUT2D eigenvalue weighted by Crippen LogP contribution is -2.23. The van der Waals surface area contributed by atoms with Gasteiger partial charge in [-0.2, -0.15) is 0 Å². The van der Waals surface area contributed by atoms with Crippen LogP contribution >= 0.6 is 0 Å². The minimum atomic E-state index is -0.117. The van der Waals surface area contributed by atoms with Crippen molar-refractivity contribution in [3.63, 3.8) is 0 Å². The zero-order valence-corrected chi connectivity index (χ0v) is 6.67. The van der Waals surface area contributed by atoms with Gasteiger partial charge >= 0.3 is 5.97 Å². The van der Waals surface area contributed by atoms with Crippen molar-refractivity contribution in [1.29, 1.82) is 0 Å². The van der Waals surface area contributed by atoms with Gasteiger partial charge in [0.25, 0.3) is 0 Å². The number of esters is 1. The van der Waals surface area contributed by atoms with E-state index in [0.717, 1.165) is 13.0 Å². The summed E-state index contributed by atoms with van der Waals surface area (Å²) in [5.74, 6) is -0.117. The van der Waals surface area contributed by atoms with Gasteiger partial charge in [-0.25, -0.2) is 0 Å². The summed E-state index contributed by atoms with van der Waals surface area (Å²) in [5.41, 5.74) is 0. The van der Waals surface area contributed by atoms with E-state index in [1.165, 1.54) is 0 Å². The lowest BCUT2D eigenvalue weighted by Gasteiger charge is -2.16. The Labute approximate surface area is 66.4 Å². The van der Waals surface area contributed by atoms with Gasteiger partial charge in [0.15, 0.2) is 0 Å². The molecule has 0 fully saturated rings. The Morgan fingerprint density at radius 1 is 1.82 bits per heavy atom. The molecule has 1 heterocycles. The molecule has 3 heteroatoms. The van der Waals surface area contributed by atoms with E-state index in [1.807, 2.05) is 19.2 Å². The van der Waals surface area contributed by atoms with Crippen LogP contribution in [-0.4, -0.2) is 25.7 Å². The minimum Gasteiger partial charge on any atom is -0.458 e. The van der Waals surface area contributed by atoms with Crippen LogP contribution in [0.15, 0.2) is 12.2 Å². The molecule has 1 aliphatic rings. The van der Waals surface area contributed by atoms with Crippen molar-refractivity contribution < 1.29 is 9.53 Å². The van der Waals surface area contributed by atoms with Crippen LogP contribution in [0.1, 0.15) is 12.8 Å². The molecular weight excluding hydrogens is 142 g/mol. The van der Waals surface area contributed by atoms with Crippen molar-refractivity contribution in [1.82, 2.24) is 5.32 Å². The van der Waals surface area contributed by atoms with Crippen molar-refractivity contribution in [2.24, 2.45) is 0 Å². The summed E-state index contributed by atoms with van der Waals surface area (Å²) in [4.78, 5) is 10.7. The highest BCUT2D eigenvalue weighted by molar-refractivity contribution is 5.72. The highest BCUT2D eigenvalue weighted by Crippen LogP contribution is 2.08. The second-order valence-corrected chi connectivity index (χ2v) is 2.55. The first kappa shape index (κ1) is 8.27. The highest BCUT2D eigenvalue weighted by atomic mass is 16.5. The van der Waals surface area contributed by atoms with Crippen molar-refractivity contribution in [3.8, 4) is 0 Å².